The molecule has 29 heavy (non-hydrogen) atoms. The number of ether oxygens (including phenoxy) is 2. The van der Waals surface area contributed by atoms with Crippen molar-refractivity contribution in [3.8, 4) is 0 Å². The van der Waals surface area contributed by atoms with E-state index in [0.717, 1.165) is 12.8 Å². The molecule has 2 aliphatic heterocycles. The van der Waals surface area contributed by atoms with E-state index in [1.807, 2.05) is 13.8 Å². The van der Waals surface area contributed by atoms with E-state index >= 15 is 0 Å². The van der Waals surface area contributed by atoms with Crippen molar-refractivity contribution < 1.29 is 26.3 Å². The highest BCUT2D eigenvalue weighted by atomic mass is 32.2. The lowest BCUT2D eigenvalue weighted by Crippen LogP contribution is -2.48. The maximum Gasteiger partial charge on any atom is 0.214 e. The molecule has 2 heterocycles. The molecule has 0 aromatic heterocycles. The van der Waals surface area contributed by atoms with E-state index in [9.17, 15) is 16.8 Å². The van der Waals surface area contributed by atoms with Gasteiger partial charge in [0.15, 0.2) is 9.84 Å². The van der Waals surface area contributed by atoms with Crippen LogP contribution in [0.4, 0.5) is 0 Å². The molecule has 0 amide bonds. The molecule has 9 heteroatoms. The fraction of sp³-hybridized carbons (Fsp3) is 1.00. The minimum absolute atomic E-state index is 0.0421. The molecular formula is C20H35NO6S2. The molecule has 2 aliphatic carbocycles. The summed E-state index contributed by atoms with van der Waals surface area (Å²) in [5.41, 5.74) is 0. The minimum atomic E-state index is -3.25. The number of sulfonamides is 1. The van der Waals surface area contributed by atoms with Gasteiger partial charge in [-0.3, -0.25) is 0 Å². The summed E-state index contributed by atoms with van der Waals surface area (Å²) in [4.78, 5) is 0. The van der Waals surface area contributed by atoms with Crippen molar-refractivity contribution in [2.45, 2.75) is 75.1 Å². The summed E-state index contributed by atoms with van der Waals surface area (Å²) in [6, 6.07) is 0. The molecule has 0 aromatic carbocycles. The molecular weight excluding hydrogens is 414 g/mol. The molecule has 0 radical (unpaired) electrons. The normalized spacial score (nSPS) is 39.3. The van der Waals surface area contributed by atoms with Gasteiger partial charge in [0.25, 0.3) is 0 Å². The van der Waals surface area contributed by atoms with Crippen molar-refractivity contribution in [3.05, 3.63) is 0 Å². The van der Waals surface area contributed by atoms with Crippen LogP contribution in [0.2, 0.25) is 0 Å². The Balaban J connectivity index is 1.40. The highest BCUT2D eigenvalue weighted by molar-refractivity contribution is 7.92. The van der Waals surface area contributed by atoms with Crippen LogP contribution in [0.25, 0.3) is 0 Å². The van der Waals surface area contributed by atoms with Crippen LogP contribution >= 0.6 is 0 Å². The van der Waals surface area contributed by atoms with Crippen molar-refractivity contribution in [2.75, 3.05) is 32.1 Å². The Hall–Kier alpha value is -0.220. The Morgan fingerprint density at radius 2 is 1.45 bits per heavy atom. The molecule has 6 atom stereocenters. The van der Waals surface area contributed by atoms with Crippen molar-refractivity contribution in [1.29, 1.82) is 0 Å². The minimum Gasteiger partial charge on any atom is -0.373 e. The zero-order valence-corrected chi connectivity index (χ0v) is 19.2. The van der Waals surface area contributed by atoms with Gasteiger partial charge in [-0.25, -0.2) is 21.1 Å². The Bertz CT molecular complexity index is 796. The fourth-order valence-corrected chi connectivity index (χ4v) is 10.1. The van der Waals surface area contributed by atoms with E-state index in [1.54, 1.807) is 4.31 Å². The van der Waals surface area contributed by atoms with E-state index in [-0.39, 0.29) is 40.3 Å². The molecule has 6 unspecified atom stereocenters. The molecule has 4 aliphatic rings. The van der Waals surface area contributed by atoms with Crippen LogP contribution in [0.5, 0.6) is 0 Å². The lowest BCUT2D eigenvalue weighted by atomic mass is 9.81. The van der Waals surface area contributed by atoms with Gasteiger partial charge >= 0.3 is 0 Å². The summed E-state index contributed by atoms with van der Waals surface area (Å²) < 4.78 is 65.2. The smallest absolute Gasteiger partial charge is 0.214 e. The first-order chi connectivity index (χ1) is 13.7. The van der Waals surface area contributed by atoms with Gasteiger partial charge in [0.2, 0.25) is 10.0 Å². The highest BCUT2D eigenvalue weighted by Gasteiger charge is 2.48. The zero-order valence-electron chi connectivity index (χ0n) is 17.5. The monoisotopic (exact) mass is 449 g/mol. The molecule has 0 spiro atoms. The molecule has 2 saturated heterocycles. The first kappa shape index (κ1) is 22.0. The molecule has 2 saturated carbocycles. The maximum absolute atomic E-state index is 13.4. The Morgan fingerprint density at radius 1 is 0.828 bits per heavy atom. The molecule has 0 aromatic rings. The molecule has 168 valence electrons. The van der Waals surface area contributed by atoms with Crippen LogP contribution in [0.3, 0.4) is 0 Å². The number of rotatable bonds is 5. The van der Waals surface area contributed by atoms with E-state index in [2.05, 4.69) is 0 Å². The van der Waals surface area contributed by atoms with Crippen molar-refractivity contribution in [3.63, 3.8) is 0 Å². The molecule has 4 rings (SSSR count). The standard InChI is InChI=1S/C20H35NO6S2/c1-14(2)13-28(22,23)21-11-15-3-4-17(9-16(15)12-21)29(24,25)18-5-6-19-20(10-18)27-8-7-26-19/h14-20H,3-13H2,1-2H3. The SMILES string of the molecule is CC(C)CS(=O)(=O)N1CC2CCC(S(=O)(=O)C3CCC4OCCOC4C3)CC2C1. The quantitative estimate of drug-likeness (QED) is 0.636. The summed E-state index contributed by atoms with van der Waals surface area (Å²) in [7, 11) is -6.50. The van der Waals surface area contributed by atoms with Gasteiger partial charge in [-0.2, -0.15) is 0 Å². The highest BCUT2D eigenvalue weighted by Crippen LogP contribution is 2.42. The summed E-state index contributed by atoms with van der Waals surface area (Å²) >= 11 is 0. The predicted molar refractivity (Wildman–Crippen MR) is 111 cm³/mol. The average molecular weight is 450 g/mol. The molecule has 0 N–H and O–H groups in total. The number of fused-ring (bicyclic) bond motifs is 2. The Labute approximate surface area is 175 Å². The third-order valence-electron chi connectivity index (χ3n) is 7.26. The van der Waals surface area contributed by atoms with Crippen molar-refractivity contribution in [2.24, 2.45) is 17.8 Å². The van der Waals surface area contributed by atoms with Crippen LogP contribution in [0, 0.1) is 17.8 Å². The second-order valence-electron chi connectivity index (χ2n) is 9.79. The Morgan fingerprint density at radius 3 is 2.17 bits per heavy atom. The summed E-state index contributed by atoms with van der Waals surface area (Å²) in [6.07, 6.45) is 3.93. The van der Waals surface area contributed by atoms with Gasteiger partial charge in [-0.05, 0) is 56.3 Å². The lowest BCUT2D eigenvalue weighted by Gasteiger charge is -2.40. The zero-order chi connectivity index (χ0) is 20.8. The van der Waals surface area contributed by atoms with Gasteiger partial charge in [0.05, 0.1) is 41.7 Å². The maximum atomic E-state index is 13.4. The van der Waals surface area contributed by atoms with Crippen LogP contribution in [-0.2, 0) is 29.3 Å². The van der Waals surface area contributed by atoms with Gasteiger partial charge in [0.1, 0.15) is 0 Å². The van der Waals surface area contributed by atoms with Crippen LogP contribution in [-0.4, -0.2) is 75.9 Å². The number of hydrogen-bond donors (Lipinski definition) is 0. The van der Waals surface area contributed by atoms with E-state index in [4.69, 9.17) is 9.47 Å². The average Bonchev–Trinajstić information content (AvgIpc) is 3.11. The van der Waals surface area contributed by atoms with E-state index in [0.29, 0.717) is 57.9 Å². The molecule has 0 bridgehead atoms. The molecule has 4 fully saturated rings. The fourth-order valence-electron chi connectivity index (χ4n) is 5.80. The summed E-state index contributed by atoms with van der Waals surface area (Å²) in [5, 5.41) is -0.697. The third kappa shape index (κ3) is 4.54. The van der Waals surface area contributed by atoms with Gasteiger partial charge in [-0.1, -0.05) is 13.8 Å². The third-order valence-corrected chi connectivity index (χ3v) is 12.2. The predicted octanol–water partition coefficient (Wildman–Crippen LogP) is 1.82. The Kier molecular flexibility index (Phi) is 6.35. The molecule has 7 nitrogen and oxygen atoms in total. The second kappa shape index (κ2) is 8.37. The summed E-state index contributed by atoms with van der Waals surface area (Å²) in [5.74, 6) is 0.725. The van der Waals surface area contributed by atoms with Crippen LogP contribution in [0.15, 0.2) is 0 Å². The number of sulfone groups is 1. The lowest BCUT2D eigenvalue weighted by molar-refractivity contribution is -0.153. The van der Waals surface area contributed by atoms with E-state index in [1.165, 1.54) is 0 Å². The van der Waals surface area contributed by atoms with Crippen molar-refractivity contribution in [1.82, 2.24) is 4.31 Å². The number of nitrogens with zero attached hydrogens (tertiary/aromatic N) is 1. The van der Waals surface area contributed by atoms with Gasteiger partial charge in [0, 0.05) is 13.1 Å². The number of hydrogen-bond acceptors (Lipinski definition) is 6. The van der Waals surface area contributed by atoms with Crippen LogP contribution < -0.4 is 0 Å². The first-order valence-corrected chi connectivity index (χ1v) is 14.3. The second-order valence-corrected chi connectivity index (χ2v) is 14.3. The van der Waals surface area contributed by atoms with Gasteiger partial charge < -0.3 is 9.47 Å². The van der Waals surface area contributed by atoms with Crippen molar-refractivity contribution >= 4 is 19.9 Å². The first-order valence-electron chi connectivity index (χ1n) is 11.1. The summed E-state index contributed by atoms with van der Waals surface area (Å²) in [6.45, 7) is 6.02. The largest absolute Gasteiger partial charge is 0.373 e. The van der Waals surface area contributed by atoms with E-state index < -0.39 is 19.9 Å². The topological polar surface area (TPSA) is 90.0 Å². The van der Waals surface area contributed by atoms with Gasteiger partial charge in [-0.15, -0.1) is 0 Å². The van der Waals surface area contributed by atoms with Crippen LogP contribution in [0.1, 0.15) is 52.4 Å².